The quantitative estimate of drug-likeness (QED) is 0.336. The molecule has 0 aliphatic heterocycles. The van der Waals surface area contributed by atoms with Gasteiger partial charge in [-0.25, -0.2) is 0 Å². The predicted octanol–water partition coefficient (Wildman–Crippen LogP) is 2.44. The molecule has 0 fully saturated rings. The fourth-order valence-electron chi connectivity index (χ4n) is 2.21. The molecule has 0 aromatic carbocycles. The molecule has 124 valence electrons. The van der Waals surface area contributed by atoms with E-state index in [1.807, 2.05) is 0 Å². The molecule has 0 bridgehead atoms. The Bertz CT molecular complexity index is 542. The van der Waals surface area contributed by atoms with Gasteiger partial charge in [0.15, 0.2) is 11.7 Å². The van der Waals surface area contributed by atoms with Gasteiger partial charge in [0.1, 0.15) is 0 Å². The first-order valence-electron chi connectivity index (χ1n) is 6.62. The van der Waals surface area contributed by atoms with Crippen LogP contribution in [-0.4, -0.2) is 28.8 Å². The third-order valence-electron chi connectivity index (χ3n) is 3.19. The number of guanidine groups is 1. The van der Waals surface area contributed by atoms with Crippen LogP contribution in [0.1, 0.15) is 24.1 Å². The molecule has 1 aliphatic carbocycles. The van der Waals surface area contributed by atoms with Crippen LogP contribution in [0.4, 0.5) is 13.2 Å². The van der Waals surface area contributed by atoms with Gasteiger partial charge in [0.05, 0.1) is 0 Å². The summed E-state index contributed by atoms with van der Waals surface area (Å²) in [5.74, 6) is 0.487. The monoisotopic (exact) mass is 429 g/mol. The van der Waals surface area contributed by atoms with Crippen molar-refractivity contribution in [1.29, 1.82) is 0 Å². The van der Waals surface area contributed by atoms with E-state index < -0.39 is 11.9 Å². The van der Waals surface area contributed by atoms with Crippen LogP contribution >= 0.6 is 24.0 Å². The van der Waals surface area contributed by atoms with E-state index >= 15 is 0 Å². The number of halogens is 4. The second kappa shape index (κ2) is 7.84. The summed E-state index contributed by atoms with van der Waals surface area (Å²) in [7, 11) is 3.06. The third-order valence-corrected chi connectivity index (χ3v) is 3.19. The Morgan fingerprint density at radius 3 is 2.59 bits per heavy atom. The zero-order valence-corrected chi connectivity index (χ0v) is 14.6. The first-order valence-corrected chi connectivity index (χ1v) is 6.62. The summed E-state index contributed by atoms with van der Waals surface area (Å²) in [6.45, 7) is 0.0164. The Kier molecular flexibility index (Phi) is 6.69. The van der Waals surface area contributed by atoms with Gasteiger partial charge in [-0.15, -0.1) is 24.0 Å². The molecular formula is C13H19F3IN5. The maximum absolute atomic E-state index is 12.8. The van der Waals surface area contributed by atoms with Gasteiger partial charge in [0, 0.05) is 38.4 Å². The molecule has 1 aliphatic rings. The highest BCUT2D eigenvalue weighted by molar-refractivity contribution is 14.0. The van der Waals surface area contributed by atoms with E-state index in [2.05, 4.69) is 32.9 Å². The number of hydrogen-bond donors (Lipinski definition) is 2. The lowest BCUT2D eigenvalue weighted by atomic mass is 10.2. The van der Waals surface area contributed by atoms with Crippen molar-refractivity contribution in [2.45, 2.75) is 31.6 Å². The number of nitrogens with zero attached hydrogens (tertiary/aromatic N) is 3. The van der Waals surface area contributed by atoms with Crippen molar-refractivity contribution in [1.82, 2.24) is 20.4 Å². The molecule has 22 heavy (non-hydrogen) atoms. The minimum absolute atomic E-state index is 0. The van der Waals surface area contributed by atoms with Gasteiger partial charge >= 0.3 is 6.18 Å². The zero-order chi connectivity index (χ0) is 15.5. The number of aromatic nitrogens is 2. The zero-order valence-electron chi connectivity index (χ0n) is 12.3. The lowest BCUT2D eigenvalue weighted by Gasteiger charge is -2.17. The molecule has 2 N–H and O–H groups in total. The first-order chi connectivity index (χ1) is 9.90. The molecule has 1 heterocycles. The van der Waals surface area contributed by atoms with E-state index in [0.29, 0.717) is 5.96 Å². The SMILES string of the molecule is CN=C(NCc1cn(C)nc1C(F)(F)F)NC1CC=CC1.I. The molecule has 0 unspecified atom stereocenters. The Morgan fingerprint density at radius 2 is 2.05 bits per heavy atom. The minimum Gasteiger partial charge on any atom is -0.353 e. The Morgan fingerprint density at radius 1 is 1.41 bits per heavy atom. The van der Waals surface area contributed by atoms with Gasteiger partial charge in [0.2, 0.25) is 0 Å². The molecule has 0 amide bonds. The highest BCUT2D eigenvalue weighted by atomic mass is 127. The molecule has 0 saturated heterocycles. The van der Waals surface area contributed by atoms with E-state index in [0.717, 1.165) is 17.5 Å². The standard InChI is InChI=1S/C13H18F3N5.HI/c1-17-12(19-10-5-3-4-6-10)18-7-9-8-21(2)20-11(9)13(14,15)16;/h3-4,8,10H,5-7H2,1-2H3,(H2,17,18,19);1H. The van der Waals surface area contributed by atoms with Crippen LogP contribution < -0.4 is 10.6 Å². The van der Waals surface area contributed by atoms with Crippen LogP contribution in [0.15, 0.2) is 23.3 Å². The van der Waals surface area contributed by atoms with Crippen molar-refractivity contribution >= 4 is 29.9 Å². The second-order valence-corrected chi connectivity index (χ2v) is 4.88. The van der Waals surface area contributed by atoms with Crippen molar-refractivity contribution < 1.29 is 13.2 Å². The number of alkyl halides is 3. The molecule has 0 saturated carbocycles. The van der Waals surface area contributed by atoms with Crippen molar-refractivity contribution in [3.63, 3.8) is 0 Å². The molecule has 0 radical (unpaired) electrons. The van der Waals surface area contributed by atoms with Crippen LogP contribution in [0.5, 0.6) is 0 Å². The van der Waals surface area contributed by atoms with Gasteiger partial charge in [0.25, 0.3) is 0 Å². The Hall–Kier alpha value is -1.26. The van der Waals surface area contributed by atoms with E-state index in [1.54, 1.807) is 7.05 Å². The van der Waals surface area contributed by atoms with Crippen LogP contribution in [0.3, 0.4) is 0 Å². The van der Waals surface area contributed by atoms with Gasteiger partial charge < -0.3 is 10.6 Å². The van der Waals surface area contributed by atoms with Crippen molar-refractivity contribution in [2.24, 2.45) is 12.0 Å². The average Bonchev–Trinajstić information content (AvgIpc) is 3.03. The van der Waals surface area contributed by atoms with Gasteiger partial charge in [-0.3, -0.25) is 9.67 Å². The lowest BCUT2D eigenvalue weighted by Crippen LogP contribution is -2.42. The van der Waals surface area contributed by atoms with Crippen LogP contribution in [0, 0.1) is 0 Å². The van der Waals surface area contributed by atoms with Crippen LogP contribution in [0.2, 0.25) is 0 Å². The molecule has 1 aromatic heterocycles. The largest absolute Gasteiger partial charge is 0.435 e. The van der Waals surface area contributed by atoms with E-state index in [1.165, 1.54) is 13.2 Å². The fourth-order valence-corrected chi connectivity index (χ4v) is 2.21. The van der Waals surface area contributed by atoms with Crippen molar-refractivity contribution in [2.75, 3.05) is 7.05 Å². The topological polar surface area (TPSA) is 54.2 Å². The molecule has 9 heteroatoms. The predicted molar refractivity (Wildman–Crippen MR) is 89.1 cm³/mol. The van der Waals surface area contributed by atoms with Crippen molar-refractivity contribution in [3.05, 3.63) is 29.6 Å². The van der Waals surface area contributed by atoms with Gasteiger partial charge in [-0.2, -0.15) is 18.3 Å². The van der Waals surface area contributed by atoms with E-state index in [-0.39, 0.29) is 42.1 Å². The molecule has 5 nitrogen and oxygen atoms in total. The average molecular weight is 429 g/mol. The summed E-state index contributed by atoms with van der Waals surface area (Å²) >= 11 is 0. The summed E-state index contributed by atoms with van der Waals surface area (Å²) in [6, 6.07) is 0.243. The minimum atomic E-state index is -4.45. The van der Waals surface area contributed by atoms with Crippen LogP contribution in [0.25, 0.3) is 0 Å². The maximum atomic E-state index is 12.8. The Labute approximate surface area is 144 Å². The first kappa shape index (κ1) is 18.8. The number of aliphatic imine (C=N–C) groups is 1. The summed E-state index contributed by atoms with van der Waals surface area (Å²) in [6.07, 6.45) is 2.81. The highest BCUT2D eigenvalue weighted by Crippen LogP contribution is 2.30. The molecular weight excluding hydrogens is 410 g/mol. The molecule has 0 spiro atoms. The number of aryl methyl sites for hydroxylation is 1. The van der Waals surface area contributed by atoms with Gasteiger partial charge in [-0.05, 0) is 12.8 Å². The van der Waals surface area contributed by atoms with Crippen LogP contribution in [-0.2, 0) is 19.8 Å². The number of rotatable bonds is 3. The summed E-state index contributed by atoms with van der Waals surface area (Å²) in [5, 5.41) is 9.54. The van der Waals surface area contributed by atoms with Gasteiger partial charge in [-0.1, -0.05) is 12.2 Å². The maximum Gasteiger partial charge on any atom is 0.435 e. The third kappa shape index (κ3) is 4.89. The molecule has 2 rings (SSSR count). The normalized spacial score (nSPS) is 15.8. The fraction of sp³-hybridized carbons (Fsp3) is 0.538. The van der Waals surface area contributed by atoms with Crippen molar-refractivity contribution in [3.8, 4) is 0 Å². The Balaban J connectivity index is 0.00000242. The number of hydrogen-bond acceptors (Lipinski definition) is 2. The molecule has 0 atom stereocenters. The second-order valence-electron chi connectivity index (χ2n) is 4.88. The van der Waals surface area contributed by atoms with E-state index in [4.69, 9.17) is 0 Å². The summed E-state index contributed by atoms with van der Waals surface area (Å²) < 4.78 is 39.7. The van der Waals surface area contributed by atoms with E-state index in [9.17, 15) is 13.2 Å². The highest BCUT2D eigenvalue weighted by Gasteiger charge is 2.36. The smallest absolute Gasteiger partial charge is 0.353 e. The lowest BCUT2D eigenvalue weighted by molar-refractivity contribution is -0.142. The molecule has 1 aromatic rings. The summed E-state index contributed by atoms with van der Waals surface area (Å²) in [5.41, 5.74) is -0.770. The summed E-state index contributed by atoms with van der Waals surface area (Å²) in [4.78, 5) is 4.02. The number of nitrogens with one attached hydrogen (secondary N) is 2.